The molecule has 110 valence electrons. The van der Waals surface area contributed by atoms with Crippen molar-refractivity contribution >= 4 is 17.7 Å². The van der Waals surface area contributed by atoms with Gasteiger partial charge in [0.2, 0.25) is 5.91 Å². The molecule has 2 N–H and O–H groups in total. The Kier molecular flexibility index (Phi) is 5.54. The van der Waals surface area contributed by atoms with E-state index in [2.05, 4.69) is 29.6 Å². The maximum absolute atomic E-state index is 12.2. The van der Waals surface area contributed by atoms with Crippen LogP contribution in [0.3, 0.4) is 0 Å². The summed E-state index contributed by atoms with van der Waals surface area (Å²) in [7, 11) is 4.29. The molecule has 1 atom stereocenters. The third-order valence-electron chi connectivity index (χ3n) is 4.56. The third kappa shape index (κ3) is 3.86. The minimum absolute atomic E-state index is 0.00144. The molecule has 1 aliphatic heterocycles. The molecule has 1 unspecified atom stereocenters. The average molecular weight is 285 g/mol. The van der Waals surface area contributed by atoms with Crippen molar-refractivity contribution in [1.29, 1.82) is 0 Å². The van der Waals surface area contributed by atoms with Gasteiger partial charge in [-0.1, -0.05) is 19.3 Å². The number of nitrogens with zero attached hydrogens (tertiary/aromatic N) is 1. The van der Waals surface area contributed by atoms with E-state index in [4.69, 9.17) is 0 Å². The van der Waals surface area contributed by atoms with E-state index >= 15 is 0 Å². The molecule has 1 aliphatic carbocycles. The van der Waals surface area contributed by atoms with Crippen LogP contribution in [-0.2, 0) is 4.79 Å². The molecule has 0 spiro atoms. The van der Waals surface area contributed by atoms with Crippen molar-refractivity contribution in [3.63, 3.8) is 0 Å². The molecular weight excluding hydrogens is 258 g/mol. The van der Waals surface area contributed by atoms with E-state index in [1.807, 2.05) is 11.8 Å². The van der Waals surface area contributed by atoms with E-state index in [9.17, 15) is 4.79 Å². The van der Waals surface area contributed by atoms with Gasteiger partial charge >= 0.3 is 0 Å². The van der Waals surface area contributed by atoms with Crippen LogP contribution in [0.1, 0.15) is 32.1 Å². The lowest BCUT2D eigenvalue weighted by Gasteiger charge is -2.43. The quantitative estimate of drug-likeness (QED) is 0.811. The largest absolute Gasteiger partial charge is 0.353 e. The lowest BCUT2D eigenvalue weighted by Crippen LogP contribution is -2.57. The number of carbonyl (C=O) groups excluding carboxylic acids is 1. The number of hydrogen-bond donors (Lipinski definition) is 2. The van der Waals surface area contributed by atoms with Crippen LogP contribution in [0.4, 0.5) is 0 Å². The second-order valence-corrected chi connectivity index (χ2v) is 7.13. The Labute approximate surface area is 121 Å². The lowest BCUT2D eigenvalue weighted by molar-refractivity contribution is -0.123. The van der Waals surface area contributed by atoms with Gasteiger partial charge in [0, 0.05) is 30.1 Å². The molecule has 5 heteroatoms. The summed E-state index contributed by atoms with van der Waals surface area (Å²) in [4.78, 5) is 14.5. The number of amides is 1. The molecule has 2 rings (SSSR count). The normalized spacial score (nSPS) is 27.2. The molecule has 4 nitrogen and oxygen atoms in total. The minimum Gasteiger partial charge on any atom is -0.353 e. The molecule has 0 radical (unpaired) electrons. The Hall–Kier alpha value is -0.260. The maximum Gasteiger partial charge on any atom is 0.238 e. The molecule has 2 fully saturated rings. The van der Waals surface area contributed by atoms with Crippen LogP contribution in [0.15, 0.2) is 0 Å². The highest BCUT2D eigenvalue weighted by molar-refractivity contribution is 7.99. The Morgan fingerprint density at radius 1 is 1.37 bits per heavy atom. The molecule has 1 saturated carbocycles. The van der Waals surface area contributed by atoms with E-state index in [0.717, 1.165) is 24.6 Å². The van der Waals surface area contributed by atoms with Crippen LogP contribution in [0.2, 0.25) is 0 Å². The van der Waals surface area contributed by atoms with Gasteiger partial charge in [-0.3, -0.25) is 4.79 Å². The fraction of sp³-hybridized carbons (Fsp3) is 0.929. The summed E-state index contributed by atoms with van der Waals surface area (Å²) in [5, 5.41) is 6.49. The Bertz CT molecular complexity index is 297. The van der Waals surface area contributed by atoms with Crippen molar-refractivity contribution < 1.29 is 4.79 Å². The summed E-state index contributed by atoms with van der Waals surface area (Å²) >= 11 is 1.86. The minimum atomic E-state index is 0.00144. The SMILES string of the molecule is CN(C)C1(CNC(=O)C2CSCCN2)CCCCC1. The monoisotopic (exact) mass is 285 g/mol. The topological polar surface area (TPSA) is 44.4 Å². The summed E-state index contributed by atoms with van der Waals surface area (Å²) in [6.07, 6.45) is 6.31. The first-order chi connectivity index (χ1) is 9.14. The number of carbonyl (C=O) groups is 1. The molecule has 1 amide bonds. The zero-order valence-corrected chi connectivity index (χ0v) is 13.0. The summed E-state index contributed by atoms with van der Waals surface area (Å²) in [5.41, 5.74) is 0.176. The summed E-state index contributed by atoms with van der Waals surface area (Å²) in [6, 6.07) is 0.00144. The zero-order valence-electron chi connectivity index (χ0n) is 12.2. The molecule has 0 bridgehead atoms. The van der Waals surface area contributed by atoms with Crippen molar-refractivity contribution in [2.24, 2.45) is 0 Å². The zero-order chi connectivity index (χ0) is 13.7. The maximum atomic E-state index is 12.2. The average Bonchev–Trinajstić information content (AvgIpc) is 2.46. The predicted molar refractivity (Wildman–Crippen MR) is 81.6 cm³/mol. The van der Waals surface area contributed by atoms with Crippen LogP contribution >= 0.6 is 11.8 Å². The Morgan fingerprint density at radius 3 is 2.68 bits per heavy atom. The van der Waals surface area contributed by atoms with Gasteiger partial charge in [-0.15, -0.1) is 0 Å². The van der Waals surface area contributed by atoms with E-state index in [1.165, 1.54) is 32.1 Å². The van der Waals surface area contributed by atoms with E-state index in [0.29, 0.717) is 0 Å². The fourth-order valence-electron chi connectivity index (χ4n) is 3.10. The van der Waals surface area contributed by atoms with Crippen LogP contribution < -0.4 is 10.6 Å². The predicted octanol–water partition coefficient (Wildman–Crippen LogP) is 1.07. The summed E-state index contributed by atoms with van der Waals surface area (Å²) < 4.78 is 0. The van der Waals surface area contributed by atoms with Gasteiger partial charge in [0.1, 0.15) is 0 Å². The van der Waals surface area contributed by atoms with Crippen LogP contribution in [0.25, 0.3) is 0 Å². The van der Waals surface area contributed by atoms with Crippen molar-refractivity contribution in [3.05, 3.63) is 0 Å². The first-order valence-electron chi connectivity index (χ1n) is 7.40. The number of thioether (sulfide) groups is 1. The van der Waals surface area contributed by atoms with Gasteiger partial charge in [0.15, 0.2) is 0 Å². The molecule has 0 aromatic heterocycles. The van der Waals surface area contributed by atoms with Crippen LogP contribution in [-0.4, -0.2) is 61.1 Å². The second kappa shape index (κ2) is 6.95. The third-order valence-corrected chi connectivity index (χ3v) is 5.62. The molecule has 0 aromatic rings. The number of likely N-dealkylation sites (N-methyl/N-ethyl adjacent to an activating group) is 1. The van der Waals surface area contributed by atoms with Crippen molar-refractivity contribution in [3.8, 4) is 0 Å². The molecule has 19 heavy (non-hydrogen) atoms. The number of hydrogen-bond acceptors (Lipinski definition) is 4. The molecular formula is C14H27N3OS. The van der Waals surface area contributed by atoms with Gasteiger partial charge in [0.25, 0.3) is 0 Å². The fourth-order valence-corrected chi connectivity index (χ4v) is 4.03. The number of rotatable bonds is 4. The first-order valence-corrected chi connectivity index (χ1v) is 8.56. The van der Waals surface area contributed by atoms with Gasteiger partial charge in [-0.25, -0.2) is 0 Å². The van der Waals surface area contributed by atoms with Gasteiger partial charge < -0.3 is 15.5 Å². The summed E-state index contributed by atoms with van der Waals surface area (Å²) in [6.45, 7) is 1.74. The van der Waals surface area contributed by atoms with Crippen molar-refractivity contribution in [2.45, 2.75) is 43.7 Å². The number of nitrogens with one attached hydrogen (secondary N) is 2. The van der Waals surface area contributed by atoms with Crippen LogP contribution in [0, 0.1) is 0 Å². The van der Waals surface area contributed by atoms with Crippen LogP contribution in [0.5, 0.6) is 0 Å². The van der Waals surface area contributed by atoms with Gasteiger partial charge in [-0.05, 0) is 26.9 Å². The highest BCUT2D eigenvalue weighted by Crippen LogP contribution is 2.31. The molecule has 1 saturated heterocycles. The smallest absolute Gasteiger partial charge is 0.238 e. The van der Waals surface area contributed by atoms with E-state index in [1.54, 1.807) is 0 Å². The second-order valence-electron chi connectivity index (χ2n) is 5.98. The Balaban J connectivity index is 1.86. The van der Waals surface area contributed by atoms with Gasteiger partial charge in [-0.2, -0.15) is 11.8 Å². The van der Waals surface area contributed by atoms with E-state index < -0.39 is 0 Å². The molecule has 0 aromatic carbocycles. The van der Waals surface area contributed by atoms with Crippen molar-refractivity contribution in [2.75, 3.05) is 38.7 Å². The first kappa shape index (κ1) is 15.1. The van der Waals surface area contributed by atoms with E-state index in [-0.39, 0.29) is 17.5 Å². The summed E-state index contributed by atoms with van der Waals surface area (Å²) in [5.74, 6) is 2.20. The Morgan fingerprint density at radius 2 is 2.11 bits per heavy atom. The highest BCUT2D eigenvalue weighted by Gasteiger charge is 2.35. The standard InChI is InChI=1S/C14H27N3OS/c1-17(2)14(6-4-3-5-7-14)11-16-13(18)12-10-19-9-8-15-12/h12,15H,3-11H2,1-2H3,(H,16,18). The van der Waals surface area contributed by atoms with Crippen molar-refractivity contribution in [1.82, 2.24) is 15.5 Å². The molecule has 1 heterocycles. The van der Waals surface area contributed by atoms with Gasteiger partial charge in [0.05, 0.1) is 6.04 Å². The molecule has 2 aliphatic rings. The lowest BCUT2D eigenvalue weighted by atomic mass is 9.80. The highest BCUT2D eigenvalue weighted by atomic mass is 32.2.